The van der Waals surface area contributed by atoms with E-state index in [1.807, 2.05) is 12.1 Å². The lowest BCUT2D eigenvalue weighted by Gasteiger charge is -2.22. The van der Waals surface area contributed by atoms with Crippen LogP contribution in [0.4, 0.5) is 11.4 Å². The molecule has 1 aliphatic rings. The fourth-order valence-electron chi connectivity index (χ4n) is 2.94. The zero-order chi connectivity index (χ0) is 14.7. The summed E-state index contributed by atoms with van der Waals surface area (Å²) in [7, 11) is 0. The third-order valence-electron chi connectivity index (χ3n) is 4.10. The molecule has 2 aromatic carbocycles. The lowest BCUT2D eigenvalue weighted by atomic mass is 10.1. The van der Waals surface area contributed by atoms with Gasteiger partial charge in [0, 0.05) is 36.0 Å². The zero-order valence-electron chi connectivity index (χ0n) is 12.4. The molecule has 0 amide bonds. The number of nitrogens with zero attached hydrogens (tertiary/aromatic N) is 1. The van der Waals surface area contributed by atoms with Crippen molar-refractivity contribution in [3.8, 4) is 0 Å². The lowest BCUT2D eigenvalue weighted by molar-refractivity contribution is 0.949. The highest BCUT2D eigenvalue weighted by Crippen LogP contribution is 2.26. The Balaban J connectivity index is 1.75. The monoisotopic (exact) mass is 300 g/mol. The molecule has 21 heavy (non-hydrogen) atoms. The second-order valence-corrected chi connectivity index (χ2v) is 6.07. The van der Waals surface area contributed by atoms with Gasteiger partial charge in [0.2, 0.25) is 0 Å². The minimum atomic E-state index is 0.788. The largest absolute Gasteiger partial charge is 0.381 e. The molecule has 0 aliphatic carbocycles. The van der Waals surface area contributed by atoms with Crippen LogP contribution in [0.3, 0.4) is 0 Å². The number of anilines is 2. The molecule has 2 nitrogen and oxygen atoms in total. The number of hydrogen-bond acceptors (Lipinski definition) is 2. The first-order valence-corrected chi connectivity index (χ1v) is 7.95. The lowest BCUT2D eigenvalue weighted by Crippen LogP contribution is -2.20. The van der Waals surface area contributed by atoms with E-state index >= 15 is 0 Å². The van der Waals surface area contributed by atoms with Crippen molar-refractivity contribution in [1.82, 2.24) is 0 Å². The summed E-state index contributed by atoms with van der Waals surface area (Å²) in [5, 5.41) is 4.32. The van der Waals surface area contributed by atoms with Gasteiger partial charge in [-0.05, 0) is 55.2 Å². The van der Waals surface area contributed by atoms with Gasteiger partial charge in [-0.25, -0.2) is 0 Å². The minimum Gasteiger partial charge on any atom is -0.381 e. The van der Waals surface area contributed by atoms with E-state index < -0.39 is 0 Å². The Bertz CT molecular complexity index is 618. The third-order valence-corrected chi connectivity index (χ3v) is 4.33. The van der Waals surface area contributed by atoms with Gasteiger partial charge in [-0.3, -0.25) is 0 Å². The molecule has 3 heteroatoms. The van der Waals surface area contributed by atoms with Gasteiger partial charge in [0.25, 0.3) is 0 Å². The molecule has 1 heterocycles. The molecule has 1 saturated heterocycles. The molecular weight excluding hydrogens is 280 g/mol. The van der Waals surface area contributed by atoms with Gasteiger partial charge < -0.3 is 10.2 Å². The topological polar surface area (TPSA) is 15.3 Å². The summed E-state index contributed by atoms with van der Waals surface area (Å²) >= 11 is 6.01. The molecule has 0 aromatic heterocycles. The summed E-state index contributed by atoms with van der Waals surface area (Å²) in [5.74, 6) is 0. The van der Waals surface area contributed by atoms with Gasteiger partial charge in [0.05, 0.1) is 0 Å². The van der Waals surface area contributed by atoms with Crippen LogP contribution in [0.2, 0.25) is 5.02 Å². The van der Waals surface area contributed by atoms with Crippen LogP contribution in [-0.2, 0) is 6.54 Å². The van der Waals surface area contributed by atoms with Crippen molar-refractivity contribution < 1.29 is 0 Å². The molecule has 0 radical (unpaired) electrons. The van der Waals surface area contributed by atoms with Crippen LogP contribution in [-0.4, -0.2) is 13.1 Å². The highest BCUT2D eigenvalue weighted by atomic mass is 35.5. The highest BCUT2D eigenvalue weighted by Gasteiger charge is 2.15. The van der Waals surface area contributed by atoms with E-state index in [-0.39, 0.29) is 0 Å². The normalized spacial score (nSPS) is 14.5. The number of nitrogens with one attached hydrogen (secondary N) is 1. The Labute approximate surface area is 131 Å². The maximum atomic E-state index is 6.01. The van der Waals surface area contributed by atoms with Gasteiger partial charge in [0.1, 0.15) is 0 Å². The van der Waals surface area contributed by atoms with Crippen molar-refractivity contribution in [2.24, 2.45) is 0 Å². The molecular formula is C18H21ClN2. The summed E-state index contributed by atoms with van der Waals surface area (Å²) in [6, 6.07) is 14.7. The Kier molecular flexibility index (Phi) is 4.35. The van der Waals surface area contributed by atoms with Crippen molar-refractivity contribution in [2.45, 2.75) is 26.3 Å². The molecule has 110 valence electrons. The Hall–Kier alpha value is -1.67. The van der Waals surface area contributed by atoms with E-state index in [4.69, 9.17) is 11.6 Å². The van der Waals surface area contributed by atoms with E-state index in [0.29, 0.717) is 0 Å². The fraction of sp³-hybridized carbons (Fsp3) is 0.333. The molecule has 0 bridgehead atoms. The van der Waals surface area contributed by atoms with E-state index in [1.165, 1.54) is 42.7 Å². The number of hydrogen-bond donors (Lipinski definition) is 1. The second-order valence-electron chi connectivity index (χ2n) is 5.64. The SMILES string of the molecule is Cc1cc(Cl)ccc1NCc1ccccc1N1CCCC1. The molecule has 2 aromatic rings. The first kappa shape index (κ1) is 14.3. The molecule has 0 atom stereocenters. The summed E-state index contributed by atoms with van der Waals surface area (Å²) < 4.78 is 0. The number of rotatable bonds is 4. The number of aryl methyl sites for hydroxylation is 1. The molecule has 1 aliphatic heterocycles. The number of para-hydroxylation sites is 1. The van der Waals surface area contributed by atoms with Gasteiger partial charge in [-0.2, -0.15) is 0 Å². The quantitative estimate of drug-likeness (QED) is 0.867. The standard InChI is InChI=1S/C18H21ClN2/c1-14-12-16(19)8-9-17(14)20-13-15-6-2-3-7-18(15)21-10-4-5-11-21/h2-3,6-9,12,20H,4-5,10-11,13H2,1H3. The molecule has 0 unspecified atom stereocenters. The average molecular weight is 301 g/mol. The van der Waals surface area contributed by atoms with Crippen LogP contribution in [0.25, 0.3) is 0 Å². The second kappa shape index (κ2) is 6.40. The molecule has 0 saturated carbocycles. The number of benzene rings is 2. The van der Waals surface area contributed by atoms with Crippen LogP contribution >= 0.6 is 11.6 Å². The van der Waals surface area contributed by atoms with Crippen LogP contribution in [0.5, 0.6) is 0 Å². The van der Waals surface area contributed by atoms with Crippen molar-refractivity contribution in [3.63, 3.8) is 0 Å². The Morgan fingerprint density at radius 3 is 2.62 bits per heavy atom. The zero-order valence-corrected chi connectivity index (χ0v) is 13.2. The molecule has 3 rings (SSSR count). The van der Waals surface area contributed by atoms with E-state index in [0.717, 1.165) is 17.3 Å². The van der Waals surface area contributed by atoms with E-state index in [9.17, 15) is 0 Å². The first-order valence-electron chi connectivity index (χ1n) is 7.57. The van der Waals surface area contributed by atoms with Crippen LogP contribution < -0.4 is 10.2 Å². The van der Waals surface area contributed by atoms with E-state index in [1.54, 1.807) is 0 Å². The van der Waals surface area contributed by atoms with E-state index in [2.05, 4.69) is 47.5 Å². The number of halogens is 1. The summed E-state index contributed by atoms with van der Waals surface area (Å²) in [6.45, 7) is 5.28. The molecule has 1 N–H and O–H groups in total. The van der Waals surface area contributed by atoms with Crippen molar-refractivity contribution >= 4 is 23.0 Å². The first-order chi connectivity index (χ1) is 10.2. The summed E-state index contributed by atoms with van der Waals surface area (Å²) in [5.41, 5.74) is 5.06. The van der Waals surface area contributed by atoms with Crippen LogP contribution in [0, 0.1) is 6.92 Å². The molecule has 0 spiro atoms. The predicted molar refractivity (Wildman–Crippen MR) is 91.4 cm³/mol. The summed E-state index contributed by atoms with van der Waals surface area (Å²) in [6.07, 6.45) is 2.61. The average Bonchev–Trinajstić information content (AvgIpc) is 3.01. The Morgan fingerprint density at radius 1 is 1.10 bits per heavy atom. The van der Waals surface area contributed by atoms with Crippen molar-refractivity contribution in [3.05, 3.63) is 58.6 Å². The maximum Gasteiger partial charge on any atom is 0.0421 e. The van der Waals surface area contributed by atoms with Crippen molar-refractivity contribution in [1.29, 1.82) is 0 Å². The Morgan fingerprint density at radius 2 is 1.86 bits per heavy atom. The van der Waals surface area contributed by atoms with Crippen molar-refractivity contribution in [2.75, 3.05) is 23.3 Å². The fourth-order valence-corrected chi connectivity index (χ4v) is 3.17. The summed E-state index contributed by atoms with van der Waals surface area (Å²) in [4.78, 5) is 2.49. The van der Waals surface area contributed by atoms with Crippen LogP contribution in [0.15, 0.2) is 42.5 Å². The van der Waals surface area contributed by atoms with Crippen LogP contribution in [0.1, 0.15) is 24.0 Å². The van der Waals surface area contributed by atoms with Gasteiger partial charge >= 0.3 is 0 Å². The van der Waals surface area contributed by atoms with Gasteiger partial charge in [0.15, 0.2) is 0 Å². The minimum absolute atomic E-state index is 0.788. The van der Waals surface area contributed by atoms with Gasteiger partial charge in [-0.1, -0.05) is 29.8 Å². The highest BCUT2D eigenvalue weighted by molar-refractivity contribution is 6.30. The predicted octanol–water partition coefficient (Wildman–Crippen LogP) is 4.86. The third kappa shape index (κ3) is 3.33. The van der Waals surface area contributed by atoms with Gasteiger partial charge in [-0.15, -0.1) is 0 Å². The maximum absolute atomic E-state index is 6.01. The molecule has 1 fully saturated rings. The smallest absolute Gasteiger partial charge is 0.0421 e.